The summed E-state index contributed by atoms with van der Waals surface area (Å²) in [6, 6.07) is 17.7. The smallest absolute Gasteiger partial charge is 0.348 e. The number of carbonyl (C=O) groups excluding carboxylic acids is 2. The van der Waals surface area contributed by atoms with Crippen LogP contribution in [0.1, 0.15) is 21.5 Å². The molecule has 8 heteroatoms. The quantitative estimate of drug-likeness (QED) is 0.160. The van der Waals surface area contributed by atoms with E-state index >= 15 is 0 Å². The van der Waals surface area contributed by atoms with E-state index in [0.29, 0.717) is 42.2 Å². The van der Waals surface area contributed by atoms with Crippen molar-refractivity contribution in [3.63, 3.8) is 0 Å². The second kappa shape index (κ2) is 9.97. The number of methoxy groups -OCH3 is 1. The lowest BCUT2D eigenvalue weighted by atomic mass is 9.93. The molecule has 0 atom stereocenters. The van der Waals surface area contributed by atoms with E-state index in [1.165, 1.54) is 7.11 Å². The average Bonchev–Trinajstić information content (AvgIpc) is 3.10. The molecule has 4 rings (SSSR count). The second-order valence-electron chi connectivity index (χ2n) is 7.01. The summed E-state index contributed by atoms with van der Waals surface area (Å²) in [5.41, 5.74) is 2.15. The summed E-state index contributed by atoms with van der Waals surface area (Å²) in [7, 11) is 1.53. The number of halogens is 4. The predicted molar refractivity (Wildman–Crippen MR) is 139 cm³/mol. The molecule has 0 aliphatic carbocycles. The molecule has 0 saturated carbocycles. The fraction of sp³-hybridized carbons (Fsp3) is 0.0400. The molecule has 166 valence electrons. The van der Waals surface area contributed by atoms with Gasteiger partial charge in [0, 0.05) is 20.6 Å². The standard InChI is InChI=1S/C25H14Br3ClO4/c1-32-24-18(27)11-15(12-19(24)28)23(30)22-21(14-4-6-16(26)7-5-14)20(33-25(22)31)10-13-2-8-17(29)9-3-13/h2-12H,1H3/b20-10-. The summed E-state index contributed by atoms with van der Waals surface area (Å²) in [4.78, 5) is 26.5. The van der Waals surface area contributed by atoms with Gasteiger partial charge in [-0.3, -0.25) is 4.79 Å². The highest BCUT2D eigenvalue weighted by atomic mass is 79.9. The van der Waals surface area contributed by atoms with Crippen LogP contribution < -0.4 is 4.74 Å². The molecule has 0 spiro atoms. The number of cyclic esters (lactones) is 1. The lowest BCUT2D eigenvalue weighted by molar-refractivity contribution is -0.132. The minimum Gasteiger partial charge on any atom is -0.494 e. The van der Waals surface area contributed by atoms with Gasteiger partial charge in [0.2, 0.25) is 5.78 Å². The number of hydrogen-bond donors (Lipinski definition) is 0. The van der Waals surface area contributed by atoms with Crippen molar-refractivity contribution >= 4 is 82.8 Å². The Morgan fingerprint density at radius 3 is 2.15 bits per heavy atom. The Morgan fingerprint density at radius 1 is 0.970 bits per heavy atom. The van der Waals surface area contributed by atoms with Crippen LogP contribution in [-0.4, -0.2) is 18.9 Å². The first kappa shape index (κ1) is 24.0. The van der Waals surface area contributed by atoms with Crippen molar-refractivity contribution in [2.24, 2.45) is 0 Å². The molecule has 3 aromatic rings. The van der Waals surface area contributed by atoms with Gasteiger partial charge in [-0.1, -0.05) is 51.8 Å². The zero-order valence-corrected chi connectivity index (χ0v) is 22.5. The third-order valence-electron chi connectivity index (χ3n) is 4.90. The lowest BCUT2D eigenvalue weighted by Gasteiger charge is -2.09. The maximum Gasteiger partial charge on any atom is 0.348 e. The summed E-state index contributed by atoms with van der Waals surface area (Å²) in [6.45, 7) is 0. The van der Waals surface area contributed by atoms with E-state index in [-0.39, 0.29) is 5.57 Å². The molecule has 33 heavy (non-hydrogen) atoms. The highest BCUT2D eigenvalue weighted by molar-refractivity contribution is 9.11. The molecule has 0 N–H and O–H groups in total. The number of benzene rings is 3. The number of allylic oxidation sites excluding steroid dienone is 1. The fourth-order valence-electron chi connectivity index (χ4n) is 3.38. The second-order valence-corrected chi connectivity index (χ2v) is 10.1. The molecular formula is C25H14Br3ClO4. The molecule has 0 radical (unpaired) electrons. The van der Waals surface area contributed by atoms with Crippen molar-refractivity contribution in [1.29, 1.82) is 0 Å². The van der Waals surface area contributed by atoms with Gasteiger partial charge in [0.1, 0.15) is 17.1 Å². The predicted octanol–water partition coefficient (Wildman–Crippen LogP) is 7.87. The molecule has 1 aliphatic heterocycles. The van der Waals surface area contributed by atoms with E-state index in [1.807, 2.05) is 24.3 Å². The SMILES string of the molecule is COc1c(Br)cc(C(=O)C2=C(c3ccc(Br)cc3)/C(=C/c3ccc(Cl)cc3)OC2=O)cc1Br. The van der Waals surface area contributed by atoms with Crippen LogP contribution in [0.25, 0.3) is 11.6 Å². The molecule has 1 aliphatic rings. The summed E-state index contributed by atoms with van der Waals surface area (Å²) < 4.78 is 12.9. The molecule has 0 aromatic heterocycles. The van der Waals surface area contributed by atoms with Gasteiger partial charge >= 0.3 is 5.97 Å². The number of ether oxygens (including phenoxy) is 2. The third kappa shape index (κ3) is 5.01. The molecule has 0 fully saturated rings. The Balaban J connectivity index is 1.90. The molecule has 4 nitrogen and oxygen atoms in total. The minimum absolute atomic E-state index is 0.0403. The van der Waals surface area contributed by atoms with Crippen molar-refractivity contribution in [2.45, 2.75) is 0 Å². The van der Waals surface area contributed by atoms with E-state index in [9.17, 15) is 9.59 Å². The van der Waals surface area contributed by atoms with Crippen LogP contribution in [0.2, 0.25) is 5.02 Å². The summed E-state index contributed by atoms with van der Waals surface area (Å²) in [5.74, 6) is -0.326. The maximum absolute atomic E-state index is 13.6. The number of ketones is 1. The van der Waals surface area contributed by atoms with Crippen LogP contribution in [0.5, 0.6) is 5.75 Å². The van der Waals surface area contributed by atoms with Crippen LogP contribution in [0.4, 0.5) is 0 Å². The van der Waals surface area contributed by atoms with E-state index in [4.69, 9.17) is 21.1 Å². The molecule has 1 heterocycles. The van der Waals surface area contributed by atoms with E-state index < -0.39 is 11.8 Å². The van der Waals surface area contributed by atoms with Crippen LogP contribution >= 0.6 is 59.4 Å². The molecule has 0 bridgehead atoms. The number of esters is 1. The third-order valence-corrected chi connectivity index (χ3v) is 6.85. The van der Waals surface area contributed by atoms with Gasteiger partial charge in [-0.15, -0.1) is 0 Å². The van der Waals surface area contributed by atoms with E-state index in [0.717, 1.165) is 10.0 Å². The highest BCUT2D eigenvalue weighted by Gasteiger charge is 2.36. The molecule has 3 aromatic carbocycles. The zero-order chi connectivity index (χ0) is 23.7. The van der Waals surface area contributed by atoms with Crippen molar-refractivity contribution in [2.75, 3.05) is 7.11 Å². The number of Topliss-reactive ketones (excluding diaryl/α,β-unsaturated/α-hetero) is 1. The van der Waals surface area contributed by atoms with Gasteiger partial charge in [-0.25, -0.2) is 4.79 Å². The molecule has 0 saturated heterocycles. The van der Waals surface area contributed by atoms with Gasteiger partial charge in [0.05, 0.1) is 16.1 Å². The summed E-state index contributed by atoms with van der Waals surface area (Å²) in [5, 5.41) is 0.593. The average molecular weight is 654 g/mol. The van der Waals surface area contributed by atoms with E-state index in [1.54, 1.807) is 42.5 Å². The van der Waals surface area contributed by atoms with Gasteiger partial charge in [-0.2, -0.15) is 0 Å². The lowest BCUT2D eigenvalue weighted by Crippen LogP contribution is -2.11. The molecular weight excluding hydrogens is 639 g/mol. The maximum atomic E-state index is 13.6. The minimum atomic E-state index is -0.707. The van der Waals surface area contributed by atoms with Crippen LogP contribution in [0.15, 0.2) is 85.4 Å². The Hall–Kier alpha value is -2.19. The van der Waals surface area contributed by atoms with Crippen LogP contribution in [-0.2, 0) is 9.53 Å². The Kier molecular flexibility index (Phi) is 7.24. The first-order valence-electron chi connectivity index (χ1n) is 9.56. The number of carbonyl (C=O) groups is 2. The molecule has 0 unspecified atom stereocenters. The molecule has 0 amide bonds. The monoisotopic (exact) mass is 650 g/mol. The fourth-order valence-corrected chi connectivity index (χ4v) is 5.28. The Bertz CT molecular complexity index is 1300. The number of rotatable bonds is 5. The van der Waals surface area contributed by atoms with Gasteiger partial charge in [0.15, 0.2) is 0 Å². The summed E-state index contributed by atoms with van der Waals surface area (Å²) >= 11 is 16.2. The van der Waals surface area contributed by atoms with Crippen molar-refractivity contribution < 1.29 is 19.1 Å². The van der Waals surface area contributed by atoms with E-state index in [2.05, 4.69) is 47.8 Å². The van der Waals surface area contributed by atoms with Crippen LogP contribution in [0.3, 0.4) is 0 Å². The van der Waals surface area contributed by atoms with Gasteiger partial charge in [-0.05, 0) is 85.5 Å². The van der Waals surface area contributed by atoms with Gasteiger partial charge in [0.25, 0.3) is 0 Å². The van der Waals surface area contributed by atoms with Crippen LogP contribution in [0, 0.1) is 0 Å². The van der Waals surface area contributed by atoms with Crippen molar-refractivity contribution in [1.82, 2.24) is 0 Å². The first-order valence-corrected chi connectivity index (χ1v) is 12.3. The number of hydrogen-bond acceptors (Lipinski definition) is 4. The largest absolute Gasteiger partial charge is 0.494 e. The van der Waals surface area contributed by atoms with Gasteiger partial charge < -0.3 is 9.47 Å². The first-order chi connectivity index (χ1) is 15.8. The highest BCUT2D eigenvalue weighted by Crippen LogP contribution is 2.40. The summed E-state index contributed by atoms with van der Waals surface area (Å²) in [6.07, 6.45) is 1.71. The topological polar surface area (TPSA) is 52.6 Å². The normalized spacial score (nSPS) is 14.6. The van der Waals surface area contributed by atoms with Crippen molar-refractivity contribution in [3.8, 4) is 5.75 Å². The zero-order valence-electron chi connectivity index (χ0n) is 17.0. The Labute approximate surface area is 220 Å². The van der Waals surface area contributed by atoms with Crippen molar-refractivity contribution in [3.05, 3.63) is 107 Å². The Morgan fingerprint density at radius 2 is 1.58 bits per heavy atom.